The predicted molar refractivity (Wildman–Crippen MR) is 57.4 cm³/mol. The smallest absolute Gasteiger partial charge is 0.220 e. The van der Waals surface area contributed by atoms with E-state index in [-0.39, 0.29) is 10.8 Å². The predicted octanol–water partition coefficient (Wildman–Crippen LogP) is 1.72. The number of rotatable bonds is 3. The van der Waals surface area contributed by atoms with Crippen molar-refractivity contribution < 1.29 is 4.42 Å². The Morgan fingerprint density at radius 1 is 1.20 bits per heavy atom. The lowest BCUT2D eigenvalue weighted by molar-refractivity contribution is 0.432. The summed E-state index contributed by atoms with van der Waals surface area (Å²) in [4.78, 5) is 0. The van der Waals surface area contributed by atoms with Gasteiger partial charge in [0.2, 0.25) is 11.8 Å². The second kappa shape index (κ2) is 3.04. The van der Waals surface area contributed by atoms with Crippen LogP contribution in [0.25, 0.3) is 0 Å². The Bertz CT molecular complexity index is 354. The lowest BCUT2D eigenvalue weighted by Gasteiger charge is -2.03. The monoisotopic (exact) mass is 209 g/mol. The molecule has 0 spiro atoms. The van der Waals surface area contributed by atoms with E-state index in [0.29, 0.717) is 24.8 Å². The fraction of sp³-hybridized carbons (Fsp3) is 0.818. The van der Waals surface area contributed by atoms with Crippen LogP contribution in [0.3, 0.4) is 0 Å². The Morgan fingerprint density at radius 2 is 1.80 bits per heavy atom. The summed E-state index contributed by atoms with van der Waals surface area (Å²) in [5, 5.41) is 8.12. The van der Waals surface area contributed by atoms with Crippen molar-refractivity contribution in [3.05, 3.63) is 11.8 Å². The Labute approximate surface area is 90.3 Å². The van der Waals surface area contributed by atoms with E-state index in [4.69, 9.17) is 10.2 Å². The van der Waals surface area contributed by atoms with Gasteiger partial charge in [-0.3, -0.25) is 0 Å². The van der Waals surface area contributed by atoms with E-state index >= 15 is 0 Å². The third kappa shape index (κ3) is 1.39. The molecule has 0 aromatic carbocycles. The van der Waals surface area contributed by atoms with Gasteiger partial charge in [-0.05, 0) is 10.8 Å². The van der Waals surface area contributed by atoms with Crippen LogP contribution >= 0.6 is 0 Å². The Morgan fingerprint density at radius 3 is 2.27 bits per heavy atom. The zero-order valence-corrected chi connectivity index (χ0v) is 9.87. The Kier molecular flexibility index (Phi) is 2.15. The van der Waals surface area contributed by atoms with Crippen LogP contribution in [-0.4, -0.2) is 16.7 Å². The SMILES string of the molecule is CC1(C)C(c2nnc(CCN)o2)C1(C)C. The zero-order chi connectivity index (χ0) is 11.3. The van der Waals surface area contributed by atoms with E-state index in [1.54, 1.807) is 0 Å². The van der Waals surface area contributed by atoms with E-state index in [1.807, 2.05) is 0 Å². The van der Waals surface area contributed by atoms with Gasteiger partial charge in [-0.15, -0.1) is 10.2 Å². The van der Waals surface area contributed by atoms with Crippen molar-refractivity contribution in [2.45, 2.75) is 40.0 Å². The van der Waals surface area contributed by atoms with Crippen LogP contribution in [0.4, 0.5) is 0 Å². The standard InChI is InChI=1S/C11H19N3O/c1-10(2)8(11(10,3)4)9-14-13-7(15-9)5-6-12/h8H,5-6,12H2,1-4H3. The molecule has 4 heteroatoms. The minimum Gasteiger partial charge on any atom is -0.425 e. The summed E-state index contributed by atoms with van der Waals surface area (Å²) in [6.07, 6.45) is 0.667. The van der Waals surface area contributed by atoms with Gasteiger partial charge in [-0.25, -0.2) is 0 Å². The minimum atomic E-state index is 0.250. The molecule has 0 saturated heterocycles. The summed E-state index contributed by atoms with van der Waals surface area (Å²) in [7, 11) is 0. The van der Waals surface area contributed by atoms with Crippen LogP contribution in [0.1, 0.15) is 45.4 Å². The van der Waals surface area contributed by atoms with Gasteiger partial charge in [-0.1, -0.05) is 27.7 Å². The van der Waals surface area contributed by atoms with Gasteiger partial charge >= 0.3 is 0 Å². The fourth-order valence-electron chi connectivity index (χ4n) is 2.42. The molecular weight excluding hydrogens is 190 g/mol. The first-order chi connectivity index (χ1) is 6.91. The number of hydrogen-bond acceptors (Lipinski definition) is 4. The van der Waals surface area contributed by atoms with Crippen LogP contribution in [0, 0.1) is 10.8 Å². The van der Waals surface area contributed by atoms with Gasteiger partial charge in [0.25, 0.3) is 0 Å². The third-order valence-electron chi connectivity index (χ3n) is 4.11. The highest BCUT2D eigenvalue weighted by atomic mass is 16.4. The van der Waals surface area contributed by atoms with Crippen LogP contribution in [0.2, 0.25) is 0 Å². The molecule has 1 aliphatic rings. The highest BCUT2D eigenvalue weighted by molar-refractivity contribution is 5.24. The average molecular weight is 209 g/mol. The highest BCUT2D eigenvalue weighted by Gasteiger charge is 2.67. The van der Waals surface area contributed by atoms with Gasteiger partial charge < -0.3 is 10.2 Å². The topological polar surface area (TPSA) is 64.9 Å². The molecule has 1 heterocycles. The molecule has 0 amide bonds. The summed E-state index contributed by atoms with van der Waals surface area (Å²) in [6.45, 7) is 9.52. The third-order valence-corrected chi connectivity index (χ3v) is 4.11. The summed E-state index contributed by atoms with van der Waals surface area (Å²) < 4.78 is 5.62. The molecule has 1 saturated carbocycles. The summed E-state index contributed by atoms with van der Waals surface area (Å²) in [5.74, 6) is 1.81. The lowest BCUT2D eigenvalue weighted by Crippen LogP contribution is -2.02. The van der Waals surface area contributed by atoms with Gasteiger partial charge in [-0.2, -0.15) is 0 Å². The van der Waals surface area contributed by atoms with Gasteiger partial charge in [0.15, 0.2) is 0 Å². The maximum Gasteiger partial charge on any atom is 0.220 e. The van der Waals surface area contributed by atoms with Crippen LogP contribution < -0.4 is 5.73 Å². The molecule has 1 fully saturated rings. The average Bonchev–Trinajstić information content (AvgIpc) is 2.51. The molecule has 4 nitrogen and oxygen atoms in total. The second-order valence-electron chi connectivity index (χ2n) is 5.45. The first-order valence-electron chi connectivity index (χ1n) is 5.43. The zero-order valence-electron chi connectivity index (χ0n) is 9.87. The van der Waals surface area contributed by atoms with Gasteiger partial charge in [0.1, 0.15) is 0 Å². The summed E-state index contributed by atoms with van der Waals surface area (Å²) in [5.41, 5.74) is 5.94. The molecular formula is C11H19N3O. The number of nitrogens with zero attached hydrogens (tertiary/aromatic N) is 2. The van der Waals surface area contributed by atoms with Gasteiger partial charge in [0, 0.05) is 18.9 Å². The van der Waals surface area contributed by atoms with Crippen molar-refractivity contribution in [2.75, 3.05) is 6.54 Å². The quantitative estimate of drug-likeness (QED) is 0.823. The number of aromatic nitrogens is 2. The Balaban J connectivity index is 2.19. The summed E-state index contributed by atoms with van der Waals surface area (Å²) in [6, 6.07) is 0. The molecule has 1 aromatic heterocycles. The van der Waals surface area contributed by atoms with E-state index in [1.165, 1.54) is 0 Å². The maximum absolute atomic E-state index is 5.62. The van der Waals surface area contributed by atoms with Crippen LogP contribution in [0.15, 0.2) is 4.42 Å². The molecule has 2 rings (SSSR count). The van der Waals surface area contributed by atoms with E-state index in [9.17, 15) is 0 Å². The molecule has 1 aromatic rings. The Hall–Kier alpha value is -0.900. The molecule has 0 aliphatic heterocycles. The van der Waals surface area contributed by atoms with Crippen molar-refractivity contribution in [3.8, 4) is 0 Å². The number of hydrogen-bond donors (Lipinski definition) is 1. The van der Waals surface area contributed by atoms with Crippen LogP contribution in [0.5, 0.6) is 0 Å². The fourth-order valence-corrected chi connectivity index (χ4v) is 2.42. The largest absolute Gasteiger partial charge is 0.425 e. The van der Waals surface area contributed by atoms with E-state index in [0.717, 1.165) is 5.89 Å². The molecule has 2 N–H and O–H groups in total. The minimum absolute atomic E-state index is 0.250. The molecule has 0 unspecified atom stereocenters. The van der Waals surface area contributed by atoms with E-state index < -0.39 is 0 Å². The van der Waals surface area contributed by atoms with Crippen molar-refractivity contribution in [3.63, 3.8) is 0 Å². The van der Waals surface area contributed by atoms with E-state index in [2.05, 4.69) is 37.9 Å². The molecule has 0 atom stereocenters. The first kappa shape index (κ1) is 10.6. The summed E-state index contributed by atoms with van der Waals surface area (Å²) >= 11 is 0. The molecule has 84 valence electrons. The normalized spacial score (nSPS) is 23.0. The van der Waals surface area contributed by atoms with Gasteiger partial charge in [0.05, 0.1) is 0 Å². The maximum atomic E-state index is 5.62. The molecule has 0 bridgehead atoms. The van der Waals surface area contributed by atoms with Crippen LogP contribution in [-0.2, 0) is 6.42 Å². The van der Waals surface area contributed by atoms with Crippen molar-refractivity contribution >= 4 is 0 Å². The number of nitrogens with two attached hydrogens (primary N) is 1. The highest BCUT2D eigenvalue weighted by Crippen LogP contribution is 2.73. The van der Waals surface area contributed by atoms with Crippen molar-refractivity contribution in [2.24, 2.45) is 16.6 Å². The molecule has 0 radical (unpaired) electrons. The lowest BCUT2D eigenvalue weighted by atomic mass is 10.0. The molecule has 15 heavy (non-hydrogen) atoms. The van der Waals surface area contributed by atoms with Crippen molar-refractivity contribution in [1.82, 2.24) is 10.2 Å². The van der Waals surface area contributed by atoms with Crippen molar-refractivity contribution in [1.29, 1.82) is 0 Å². The second-order valence-corrected chi connectivity index (χ2v) is 5.45. The first-order valence-corrected chi connectivity index (χ1v) is 5.43. The molecule has 1 aliphatic carbocycles.